The van der Waals surface area contributed by atoms with Gasteiger partial charge in [0.2, 0.25) is 0 Å². The van der Waals surface area contributed by atoms with Gasteiger partial charge in [-0.1, -0.05) is 36.8 Å². The molecule has 1 aromatic carbocycles. The molecule has 110 valence electrons. The highest BCUT2D eigenvalue weighted by atomic mass is 16.5. The third-order valence-corrected chi connectivity index (χ3v) is 3.68. The Morgan fingerprint density at radius 3 is 2.85 bits per heavy atom. The van der Waals surface area contributed by atoms with Crippen molar-refractivity contribution in [1.82, 2.24) is 4.90 Å². The van der Waals surface area contributed by atoms with E-state index >= 15 is 0 Å². The van der Waals surface area contributed by atoms with Crippen LogP contribution >= 0.6 is 0 Å². The Bertz CT molecular complexity index is 407. The van der Waals surface area contributed by atoms with Crippen LogP contribution in [0.15, 0.2) is 30.3 Å². The minimum Gasteiger partial charge on any atom is -0.469 e. The van der Waals surface area contributed by atoms with Crippen molar-refractivity contribution in [2.24, 2.45) is 5.92 Å². The molecule has 4 heteroatoms. The molecule has 0 saturated carbocycles. The molecule has 1 aliphatic heterocycles. The summed E-state index contributed by atoms with van der Waals surface area (Å²) < 4.78 is 10.6. The molecule has 0 unspecified atom stereocenters. The second kappa shape index (κ2) is 8.02. The van der Waals surface area contributed by atoms with Crippen LogP contribution in [0.1, 0.15) is 24.8 Å². The zero-order valence-corrected chi connectivity index (χ0v) is 12.1. The third kappa shape index (κ3) is 4.62. The van der Waals surface area contributed by atoms with Crippen molar-refractivity contribution in [3.05, 3.63) is 35.9 Å². The van der Waals surface area contributed by atoms with Crippen LogP contribution < -0.4 is 0 Å². The number of nitrogens with zero attached hydrogens (tertiary/aromatic N) is 1. The summed E-state index contributed by atoms with van der Waals surface area (Å²) in [7, 11) is 1.46. The number of methoxy groups -OCH3 is 1. The summed E-state index contributed by atoms with van der Waals surface area (Å²) in [4.78, 5) is 13.9. The number of esters is 1. The number of ether oxygens (including phenoxy) is 2. The topological polar surface area (TPSA) is 38.8 Å². The van der Waals surface area contributed by atoms with Gasteiger partial charge in [-0.2, -0.15) is 0 Å². The van der Waals surface area contributed by atoms with Gasteiger partial charge in [0, 0.05) is 13.1 Å². The maximum absolute atomic E-state index is 11.7. The second-order valence-corrected chi connectivity index (χ2v) is 5.26. The summed E-state index contributed by atoms with van der Waals surface area (Å²) in [6.45, 7) is 2.91. The van der Waals surface area contributed by atoms with Gasteiger partial charge in [0.05, 0.1) is 26.4 Å². The van der Waals surface area contributed by atoms with Crippen molar-refractivity contribution in [3.8, 4) is 0 Å². The number of likely N-dealkylation sites (tertiary alicyclic amines) is 1. The quantitative estimate of drug-likeness (QED) is 0.775. The first-order chi connectivity index (χ1) is 9.79. The first-order valence-corrected chi connectivity index (χ1v) is 7.21. The van der Waals surface area contributed by atoms with E-state index in [1.807, 2.05) is 18.2 Å². The zero-order valence-electron chi connectivity index (χ0n) is 12.1. The Labute approximate surface area is 120 Å². The summed E-state index contributed by atoms with van der Waals surface area (Å²) in [5.74, 6) is -0.109. The molecular weight excluding hydrogens is 254 g/mol. The molecule has 0 aliphatic carbocycles. The number of carbonyl (C=O) groups excluding carboxylic acids is 1. The average molecular weight is 277 g/mol. The molecule has 4 nitrogen and oxygen atoms in total. The van der Waals surface area contributed by atoms with Crippen LogP contribution in [-0.2, 0) is 20.9 Å². The number of rotatable bonds is 5. The van der Waals surface area contributed by atoms with Gasteiger partial charge in [0.15, 0.2) is 0 Å². The van der Waals surface area contributed by atoms with E-state index < -0.39 is 0 Å². The molecule has 0 amide bonds. The molecule has 1 atom stereocenters. The summed E-state index contributed by atoms with van der Waals surface area (Å²) in [6.07, 6.45) is 3.11. The molecule has 0 radical (unpaired) electrons. The lowest BCUT2D eigenvalue weighted by molar-refractivity contribution is -0.146. The maximum atomic E-state index is 11.7. The lowest BCUT2D eigenvalue weighted by Gasteiger charge is -2.22. The number of hydrogen-bond acceptors (Lipinski definition) is 4. The molecule has 0 aromatic heterocycles. The van der Waals surface area contributed by atoms with E-state index in [1.54, 1.807) is 0 Å². The summed E-state index contributed by atoms with van der Waals surface area (Å²) in [5.41, 5.74) is 1.17. The zero-order chi connectivity index (χ0) is 14.2. The smallest absolute Gasteiger partial charge is 0.309 e. The number of carbonyl (C=O) groups is 1. The van der Waals surface area contributed by atoms with Crippen LogP contribution in [-0.4, -0.2) is 37.8 Å². The van der Waals surface area contributed by atoms with E-state index in [0.717, 1.165) is 32.4 Å². The van der Waals surface area contributed by atoms with Crippen LogP contribution in [0.3, 0.4) is 0 Å². The average Bonchev–Trinajstić information content (AvgIpc) is 2.73. The third-order valence-electron chi connectivity index (χ3n) is 3.68. The minimum atomic E-state index is -0.0973. The van der Waals surface area contributed by atoms with Gasteiger partial charge in [0.25, 0.3) is 0 Å². The minimum absolute atomic E-state index is 0.0113. The highest BCUT2D eigenvalue weighted by Crippen LogP contribution is 2.17. The SMILES string of the molecule is COC(=O)[C@H]1CCCCN(COCc2ccccc2)C1. The van der Waals surface area contributed by atoms with E-state index in [0.29, 0.717) is 13.3 Å². The highest BCUT2D eigenvalue weighted by Gasteiger charge is 2.24. The van der Waals surface area contributed by atoms with Crippen LogP contribution in [0.2, 0.25) is 0 Å². The van der Waals surface area contributed by atoms with Gasteiger partial charge in [0.1, 0.15) is 0 Å². The van der Waals surface area contributed by atoms with Crippen LogP contribution in [0.4, 0.5) is 0 Å². The summed E-state index contributed by atoms with van der Waals surface area (Å²) >= 11 is 0. The first kappa shape index (κ1) is 15.0. The van der Waals surface area contributed by atoms with Gasteiger partial charge >= 0.3 is 5.97 Å². The fourth-order valence-electron chi connectivity index (χ4n) is 2.56. The van der Waals surface area contributed by atoms with E-state index in [2.05, 4.69) is 17.0 Å². The van der Waals surface area contributed by atoms with E-state index in [-0.39, 0.29) is 11.9 Å². The summed E-state index contributed by atoms with van der Waals surface area (Å²) in [6, 6.07) is 10.1. The molecule has 0 spiro atoms. The highest BCUT2D eigenvalue weighted by molar-refractivity contribution is 5.72. The Morgan fingerprint density at radius 1 is 1.30 bits per heavy atom. The normalized spacial score (nSPS) is 20.4. The molecule has 1 fully saturated rings. The monoisotopic (exact) mass is 277 g/mol. The fraction of sp³-hybridized carbons (Fsp3) is 0.562. The predicted octanol–water partition coefficient (Wildman–Crippen LogP) is 2.44. The van der Waals surface area contributed by atoms with Crippen molar-refractivity contribution in [2.75, 3.05) is 26.9 Å². The number of hydrogen-bond donors (Lipinski definition) is 0. The van der Waals surface area contributed by atoms with E-state index in [9.17, 15) is 4.79 Å². The van der Waals surface area contributed by atoms with Gasteiger partial charge in [-0.05, 0) is 18.4 Å². The Hall–Kier alpha value is -1.39. The van der Waals surface area contributed by atoms with Crippen molar-refractivity contribution >= 4 is 5.97 Å². The van der Waals surface area contributed by atoms with Crippen molar-refractivity contribution in [1.29, 1.82) is 0 Å². The van der Waals surface area contributed by atoms with E-state index in [1.165, 1.54) is 12.7 Å². The number of benzene rings is 1. The lowest BCUT2D eigenvalue weighted by Crippen LogP contribution is -2.34. The molecule has 20 heavy (non-hydrogen) atoms. The second-order valence-electron chi connectivity index (χ2n) is 5.26. The van der Waals surface area contributed by atoms with Gasteiger partial charge in [-0.3, -0.25) is 9.69 Å². The van der Waals surface area contributed by atoms with E-state index in [4.69, 9.17) is 9.47 Å². The molecular formula is C16H23NO3. The van der Waals surface area contributed by atoms with Gasteiger partial charge in [-0.15, -0.1) is 0 Å². The van der Waals surface area contributed by atoms with Gasteiger partial charge in [-0.25, -0.2) is 0 Å². The fourth-order valence-corrected chi connectivity index (χ4v) is 2.56. The molecule has 2 rings (SSSR count). The lowest BCUT2D eigenvalue weighted by atomic mass is 10.0. The molecule has 1 aliphatic rings. The van der Waals surface area contributed by atoms with Crippen molar-refractivity contribution in [2.45, 2.75) is 25.9 Å². The van der Waals surface area contributed by atoms with Crippen LogP contribution in [0, 0.1) is 5.92 Å². The predicted molar refractivity (Wildman–Crippen MR) is 77.0 cm³/mol. The van der Waals surface area contributed by atoms with Gasteiger partial charge < -0.3 is 9.47 Å². The molecule has 0 N–H and O–H groups in total. The van der Waals surface area contributed by atoms with Crippen molar-refractivity contribution < 1.29 is 14.3 Å². The Balaban J connectivity index is 1.77. The largest absolute Gasteiger partial charge is 0.469 e. The van der Waals surface area contributed by atoms with Crippen molar-refractivity contribution in [3.63, 3.8) is 0 Å². The summed E-state index contributed by atoms with van der Waals surface area (Å²) in [5, 5.41) is 0. The maximum Gasteiger partial charge on any atom is 0.309 e. The molecule has 1 aromatic rings. The van der Waals surface area contributed by atoms with Crippen LogP contribution in [0.5, 0.6) is 0 Å². The Kier molecular flexibility index (Phi) is 6.02. The molecule has 1 heterocycles. The molecule has 0 bridgehead atoms. The first-order valence-electron chi connectivity index (χ1n) is 7.21. The van der Waals surface area contributed by atoms with Crippen LogP contribution in [0.25, 0.3) is 0 Å². The standard InChI is InChI=1S/C16H23NO3/c1-19-16(18)15-9-5-6-10-17(11-15)13-20-12-14-7-3-2-4-8-14/h2-4,7-8,15H,5-6,9-13H2,1H3/t15-/m0/s1. The Morgan fingerprint density at radius 2 is 2.10 bits per heavy atom. The molecule has 1 saturated heterocycles.